The Labute approximate surface area is 191 Å². The van der Waals surface area contributed by atoms with Gasteiger partial charge in [-0.3, -0.25) is 10.7 Å². The van der Waals surface area contributed by atoms with Crippen molar-refractivity contribution in [1.82, 2.24) is 10.4 Å². The van der Waals surface area contributed by atoms with Gasteiger partial charge in [-0.15, -0.1) is 5.01 Å². The normalized spacial score (nSPS) is 20.4. The molecule has 2 heterocycles. The number of benzene rings is 2. The standard InChI is InChI=1S/C21H24ClN5O2.BrH/c1-5-26-20-12(2)24-19(16-9-7-14(28-3)11-18(16)29-4)15-8-6-13(22)10-17(15)27(20)21(23)25-26;/h6-12,20H,5H2,1-4H3,(H2,23,25);1H. The zero-order chi connectivity index (χ0) is 20.7. The van der Waals surface area contributed by atoms with Gasteiger partial charge in [-0.2, -0.15) is 5.43 Å². The third kappa shape index (κ3) is 3.64. The second-order valence-electron chi connectivity index (χ2n) is 7.01. The quantitative estimate of drug-likeness (QED) is 0.572. The summed E-state index contributed by atoms with van der Waals surface area (Å²) >= 11 is 6.37. The smallest absolute Gasteiger partial charge is 0.367 e. The topological polar surface area (TPSA) is 75.1 Å². The van der Waals surface area contributed by atoms with E-state index in [2.05, 4.69) is 28.9 Å². The third-order valence-electron chi connectivity index (χ3n) is 5.34. The van der Waals surface area contributed by atoms with E-state index < -0.39 is 0 Å². The van der Waals surface area contributed by atoms with Crippen LogP contribution in [-0.4, -0.2) is 54.2 Å². The highest BCUT2D eigenvalue weighted by atomic mass is 79.9. The molecule has 0 spiro atoms. The molecule has 9 heteroatoms. The van der Waals surface area contributed by atoms with Crippen LogP contribution in [0.4, 0.5) is 5.69 Å². The van der Waals surface area contributed by atoms with Crippen LogP contribution in [0.1, 0.15) is 25.0 Å². The molecule has 0 fully saturated rings. The second-order valence-corrected chi connectivity index (χ2v) is 7.45. The maximum absolute atomic E-state index is 6.38. The number of hydrazine groups is 1. The number of nitrogens with one attached hydrogen (secondary N) is 1. The average molecular weight is 495 g/mol. The second kappa shape index (κ2) is 8.83. The Morgan fingerprint density at radius 3 is 2.57 bits per heavy atom. The van der Waals surface area contributed by atoms with E-state index in [0.29, 0.717) is 16.7 Å². The maximum atomic E-state index is 6.38. The van der Waals surface area contributed by atoms with E-state index in [9.17, 15) is 0 Å². The van der Waals surface area contributed by atoms with Crippen molar-refractivity contribution in [3.8, 4) is 11.5 Å². The summed E-state index contributed by atoms with van der Waals surface area (Å²) < 4.78 is 13.1. The van der Waals surface area contributed by atoms with Gasteiger partial charge >= 0.3 is 5.96 Å². The lowest BCUT2D eigenvalue weighted by molar-refractivity contribution is -0.503. The third-order valence-corrected chi connectivity index (χ3v) is 5.58. The van der Waals surface area contributed by atoms with Gasteiger partial charge in [0.25, 0.3) is 0 Å². The molecule has 0 saturated heterocycles. The molecule has 7 nitrogen and oxygen atoms in total. The van der Waals surface area contributed by atoms with Gasteiger partial charge in [-0.05, 0) is 44.2 Å². The minimum Gasteiger partial charge on any atom is -1.00 e. The molecule has 2 aromatic rings. The molecule has 2 aliphatic rings. The van der Waals surface area contributed by atoms with Gasteiger partial charge in [0.2, 0.25) is 0 Å². The number of methoxy groups -OCH3 is 2. The fraction of sp³-hybridized carbons (Fsp3) is 0.333. The molecule has 0 radical (unpaired) electrons. The molecule has 0 aliphatic carbocycles. The summed E-state index contributed by atoms with van der Waals surface area (Å²) in [4.78, 5) is 5.12. The largest absolute Gasteiger partial charge is 1.00 e. The van der Waals surface area contributed by atoms with Crippen LogP contribution in [0.3, 0.4) is 0 Å². The Morgan fingerprint density at radius 1 is 1.17 bits per heavy atom. The average Bonchev–Trinajstić information content (AvgIpc) is 3.01. The van der Waals surface area contributed by atoms with Crippen LogP contribution in [-0.2, 0) is 0 Å². The molecule has 160 valence electrons. The van der Waals surface area contributed by atoms with Crippen molar-refractivity contribution >= 4 is 29.0 Å². The number of halogens is 2. The van der Waals surface area contributed by atoms with E-state index in [1.807, 2.05) is 36.4 Å². The molecule has 2 unspecified atom stereocenters. The van der Waals surface area contributed by atoms with Gasteiger partial charge in [0.05, 0.1) is 26.0 Å². The molecule has 2 aliphatic heterocycles. The number of guanidine groups is 1. The van der Waals surface area contributed by atoms with Crippen molar-refractivity contribution < 1.29 is 31.0 Å². The monoisotopic (exact) mass is 493 g/mol. The van der Waals surface area contributed by atoms with Gasteiger partial charge in [0.15, 0.2) is 6.17 Å². The number of aliphatic imine (C=N–C) groups is 1. The molecular weight excluding hydrogens is 470 g/mol. The summed E-state index contributed by atoms with van der Waals surface area (Å²) in [6, 6.07) is 11.5. The molecule has 30 heavy (non-hydrogen) atoms. The number of likely N-dealkylation sites (N-methyl/N-ethyl adjacent to an activating group) is 1. The SMILES string of the molecule is CCN1NC(N)=[N+]2c3cc(Cl)ccc3C(c3ccc(OC)cc3OC)=NC(C)C12.[Br-]. The van der Waals surface area contributed by atoms with Gasteiger partial charge in [-0.25, -0.2) is 4.58 Å². The van der Waals surface area contributed by atoms with Crippen LogP contribution in [0, 0.1) is 0 Å². The van der Waals surface area contributed by atoms with E-state index in [1.165, 1.54) is 0 Å². The first kappa shape index (κ1) is 22.4. The zero-order valence-electron chi connectivity index (χ0n) is 17.3. The highest BCUT2D eigenvalue weighted by Crippen LogP contribution is 2.36. The summed E-state index contributed by atoms with van der Waals surface area (Å²) in [7, 11) is 3.28. The molecule has 3 N–H and O–H groups in total. The lowest BCUT2D eigenvalue weighted by Crippen LogP contribution is -3.00. The fourth-order valence-electron chi connectivity index (χ4n) is 4.02. The molecule has 4 rings (SSSR count). The first-order chi connectivity index (χ1) is 14.0. The van der Waals surface area contributed by atoms with Crippen molar-refractivity contribution in [2.75, 3.05) is 20.8 Å². The van der Waals surface area contributed by atoms with Crippen molar-refractivity contribution in [2.45, 2.75) is 26.1 Å². The summed E-state index contributed by atoms with van der Waals surface area (Å²) in [6.45, 7) is 4.94. The Morgan fingerprint density at radius 2 is 1.90 bits per heavy atom. The number of nitrogens with zero attached hydrogens (tertiary/aromatic N) is 3. The van der Waals surface area contributed by atoms with E-state index in [-0.39, 0.29) is 29.2 Å². The number of hydrogen-bond donors (Lipinski definition) is 2. The molecule has 0 bridgehead atoms. The van der Waals surface area contributed by atoms with Crippen LogP contribution in [0.2, 0.25) is 5.02 Å². The van der Waals surface area contributed by atoms with E-state index >= 15 is 0 Å². The predicted octanol–water partition coefficient (Wildman–Crippen LogP) is -0.274. The van der Waals surface area contributed by atoms with Crippen molar-refractivity contribution in [2.24, 2.45) is 10.7 Å². The van der Waals surface area contributed by atoms with Crippen LogP contribution in [0.15, 0.2) is 41.4 Å². The summed E-state index contributed by atoms with van der Waals surface area (Å²) in [6.07, 6.45) is -0.0704. The Hall–Kier alpha value is -2.29. The maximum Gasteiger partial charge on any atom is 0.367 e. The van der Waals surface area contributed by atoms with Crippen LogP contribution in [0.5, 0.6) is 11.5 Å². The van der Waals surface area contributed by atoms with Gasteiger partial charge in [0, 0.05) is 28.8 Å². The molecular formula is C21H25BrClN5O2. The van der Waals surface area contributed by atoms with Gasteiger partial charge in [-0.1, -0.05) is 11.6 Å². The van der Waals surface area contributed by atoms with E-state index in [1.54, 1.807) is 14.2 Å². The Kier molecular flexibility index (Phi) is 6.59. The van der Waals surface area contributed by atoms with Gasteiger partial charge < -0.3 is 26.5 Å². The van der Waals surface area contributed by atoms with E-state index in [0.717, 1.165) is 34.8 Å². The number of nitrogens with two attached hydrogens (primary N) is 1. The first-order valence-electron chi connectivity index (χ1n) is 9.53. The number of rotatable bonds is 4. The Balaban J connectivity index is 0.00000256. The number of hydrogen-bond acceptors (Lipinski definition) is 6. The number of fused-ring (bicyclic) bond motifs is 3. The molecule has 2 aromatic carbocycles. The fourth-order valence-corrected chi connectivity index (χ4v) is 4.18. The molecule has 2 atom stereocenters. The number of ether oxygens (including phenoxy) is 2. The minimum absolute atomic E-state index is 0. The van der Waals surface area contributed by atoms with Crippen LogP contribution >= 0.6 is 11.6 Å². The van der Waals surface area contributed by atoms with E-state index in [4.69, 9.17) is 31.8 Å². The molecule has 0 aromatic heterocycles. The molecule has 0 amide bonds. The highest BCUT2D eigenvalue weighted by Gasteiger charge is 2.43. The van der Waals surface area contributed by atoms with Crippen LogP contribution < -0.4 is 37.6 Å². The lowest BCUT2D eigenvalue weighted by Gasteiger charge is -2.23. The Bertz CT molecular complexity index is 1030. The van der Waals surface area contributed by atoms with Gasteiger partial charge in [0.1, 0.15) is 17.2 Å². The van der Waals surface area contributed by atoms with Crippen LogP contribution in [0.25, 0.3) is 0 Å². The highest BCUT2D eigenvalue weighted by molar-refractivity contribution is 6.31. The van der Waals surface area contributed by atoms with Crippen molar-refractivity contribution in [1.29, 1.82) is 0 Å². The summed E-state index contributed by atoms with van der Waals surface area (Å²) in [5.41, 5.74) is 13.2. The lowest BCUT2D eigenvalue weighted by atomic mass is 9.99. The predicted molar refractivity (Wildman–Crippen MR) is 115 cm³/mol. The summed E-state index contributed by atoms with van der Waals surface area (Å²) in [5.74, 6) is 1.98. The molecule has 0 saturated carbocycles. The van der Waals surface area contributed by atoms with Crippen molar-refractivity contribution in [3.63, 3.8) is 0 Å². The first-order valence-corrected chi connectivity index (χ1v) is 9.91. The summed E-state index contributed by atoms with van der Waals surface area (Å²) in [5, 5.41) is 2.73. The van der Waals surface area contributed by atoms with Crippen molar-refractivity contribution in [3.05, 3.63) is 52.5 Å². The zero-order valence-corrected chi connectivity index (χ0v) is 19.7. The minimum atomic E-state index is -0.0727.